The van der Waals surface area contributed by atoms with E-state index in [0.717, 1.165) is 25.1 Å². The summed E-state index contributed by atoms with van der Waals surface area (Å²) in [6.07, 6.45) is 7.30. The largest absolute Gasteiger partial charge is 0.464 e. The molecule has 6 rings (SSSR count). The number of para-hydroxylation sites is 1. The molecule has 0 amide bonds. The van der Waals surface area contributed by atoms with Crippen molar-refractivity contribution in [3.05, 3.63) is 71.4 Å². The van der Waals surface area contributed by atoms with Crippen LogP contribution < -0.4 is 5.32 Å². The van der Waals surface area contributed by atoms with Crippen LogP contribution in [-0.4, -0.2) is 34.3 Å². The lowest BCUT2D eigenvalue weighted by molar-refractivity contribution is 0.0264. The molecule has 0 unspecified atom stereocenters. The van der Waals surface area contributed by atoms with E-state index in [9.17, 15) is 0 Å². The zero-order valence-corrected chi connectivity index (χ0v) is 20.3. The molecule has 0 radical (unpaired) electrons. The quantitative estimate of drug-likeness (QED) is 0.465. The number of nitrogens with one attached hydrogen (secondary N) is 1. The van der Waals surface area contributed by atoms with E-state index in [1.807, 2.05) is 12.1 Å². The summed E-state index contributed by atoms with van der Waals surface area (Å²) in [5.41, 5.74) is 7.90. The van der Waals surface area contributed by atoms with Gasteiger partial charge in [0, 0.05) is 28.7 Å². The molecule has 0 bridgehead atoms. The molecular weight excluding hydrogens is 426 g/mol. The lowest BCUT2D eigenvalue weighted by Crippen LogP contribution is -2.50. The van der Waals surface area contributed by atoms with Crippen molar-refractivity contribution in [2.24, 2.45) is 5.41 Å². The number of piperidine rings is 1. The smallest absolute Gasteiger partial charge is 0.261 e. The van der Waals surface area contributed by atoms with Gasteiger partial charge >= 0.3 is 0 Å². The zero-order valence-electron chi connectivity index (χ0n) is 19.4. The normalized spacial score (nSPS) is 23.7. The summed E-state index contributed by atoms with van der Waals surface area (Å²) in [7, 11) is 0. The summed E-state index contributed by atoms with van der Waals surface area (Å²) in [5.74, 6) is 0. The highest BCUT2D eigenvalue weighted by atomic mass is 32.1. The molecule has 1 fully saturated rings. The minimum Gasteiger partial charge on any atom is -0.464 e. The molecule has 33 heavy (non-hydrogen) atoms. The first-order valence-corrected chi connectivity index (χ1v) is 12.6. The van der Waals surface area contributed by atoms with Gasteiger partial charge in [-0.3, -0.25) is 4.90 Å². The summed E-state index contributed by atoms with van der Waals surface area (Å²) >= 11 is 5.57. The van der Waals surface area contributed by atoms with E-state index >= 15 is 0 Å². The third kappa shape index (κ3) is 3.32. The number of aromatic nitrogens is 1. The van der Waals surface area contributed by atoms with Gasteiger partial charge in [0.25, 0.3) is 5.17 Å². The number of ether oxygens (including phenoxy) is 1. The van der Waals surface area contributed by atoms with Gasteiger partial charge in [0.2, 0.25) is 0 Å². The standard InChI is InChI=1S/C28H31N3OS/c1-3-28-13-7-14-30-15-12-23-22-10-4-5-11-24(22)31(25(23)26(28)30)21(17-28)18-32-27(33)29-20-9-6-8-19(2)16-20/h4-6,8-11,16-17,26H,3,7,12-15,18H2,1-2H3,(H,29,33)/t26-,28+/m1/s1. The van der Waals surface area contributed by atoms with Crippen molar-refractivity contribution in [2.75, 3.05) is 25.0 Å². The SMILES string of the molecule is CC[C@@]12C=C(COC(=S)Nc3cccc(C)c3)n3c4c(c5ccccc53)CCN(CCC1)[C@H]42. The van der Waals surface area contributed by atoms with E-state index in [4.69, 9.17) is 17.0 Å². The molecule has 1 aromatic heterocycles. The van der Waals surface area contributed by atoms with Crippen LogP contribution in [0.5, 0.6) is 0 Å². The molecule has 4 nitrogen and oxygen atoms in total. The molecule has 3 aromatic rings. The molecule has 2 aromatic carbocycles. The van der Waals surface area contributed by atoms with Crippen LogP contribution in [-0.2, 0) is 11.2 Å². The van der Waals surface area contributed by atoms with Gasteiger partial charge in [0.05, 0.1) is 17.3 Å². The van der Waals surface area contributed by atoms with Crippen LogP contribution >= 0.6 is 12.2 Å². The van der Waals surface area contributed by atoms with E-state index in [1.54, 1.807) is 0 Å². The highest BCUT2D eigenvalue weighted by molar-refractivity contribution is 7.80. The fourth-order valence-electron chi connectivity index (χ4n) is 6.51. The van der Waals surface area contributed by atoms with E-state index < -0.39 is 0 Å². The second-order valence-corrected chi connectivity index (χ2v) is 10.2. The van der Waals surface area contributed by atoms with Crippen molar-refractivity contribution >= 4 is 39.7 Å². The average molecular weight is 458 g/mol. The third-order valence-corrected chi connectivity index (χ3v) is 8.16. The second kappa shape index (κ2) is 8.00. The number of benzene rings is 2. The summed E-state index contributed by atoms with van der Waals surface area (Å²) in [5, 5.41) is 5.07. The van der Waals surface area contributed by atoms with Crippen molar-refractivity contribution in [2.45, 2.75) is 45.6 Å². The molecule has 3 aliphatic heterocycles. The van der Waals surface area contributed by atoms with Gasteiger partial charge in [0.1, 0.15) is 6.61 Å². The van der Waals surface area contributed by atoms with Gasteiger partial charge in [-0.15, -0.1) is 0 Å². The lowest BCUT2D eigenvalue weighted by Gasteiger charge is -2.53. The van der Waals surface area contributed by atoms with Crippen molar-refractivity contribution < 1.29 is 4.74 Å². The van der Waals surface area contributed by atoms with Crippen LogP contribution in [0, 0.1) is 12.3 Å². The zero-order chi connectivity index (χ0) is 22.6. The van der Waals surface area contributed by atoms with E-state index in [-0.39, 0.29) is 5.41 Å². The van der Waals surface area contributed by atoms with Crippen molar-refractivity contribution in [1.82, 2.24) is 9.47 Å². The molecule has 4 heterocycles. The molecule has 1 saturated heterocycles. The van der Waals surface area contributed by atoms with Crippen molar-refractivity contribution in [3.63, 3.8) is 0 Å². The Morgan fingerprint density at radius 1 is 1.18 bits per heavy atom. The Morgan fingerprint density at radius 2 is 2.06 bits per heavy atom. The summed E-state index contributed by atoms with van der Waals surface area (Å²) < 4.78 is 8.67. The number of thiocarbonyl (C=S) groups is 1. The van der Waals surface area contributed by atoms with Gasteiger partial charge in [0.15, 0.2) is 0 Å². The highest BCUT2D eigenvalue weighted by Crippen LogP contribution is 2.56. The maximum atomic E-state index is 6.17. The maximum absolute atomic E-state index is 6.17. The average Bonchev–Trinajstić information content (AvgIpc) is 3.17. The molecule has 0 spiro atoms. The molecule has 0 aliphatic carbocycles. The number of aryl methyl sites for hydroxylation is 1. The fraction of sp³-hybridized carbons (Fsp3) is 0.393. The predicted octanol–water partition coefficient (Wildman–Crippen LogP) is 6.31. The molecular formula is C28H31N3OS. The Bertz CT molecular complexity index is 1280. The van der Waals surface area contributed by atoms with E-state index in [1.165, 1.54) is 52.8 Å². The Labute approximate surface area is 201 Å². The number of fused-ring (bicyclic) bond motifs is 3. The molecule has 170 valence electrons. The monoisotopic (exact) mass is 457 g/mol. The van der Waals surface area contributed by atoms with Gasteiger partial charge < -0.3 is 14.6 Å². The molecule has 2 atom stereocenters. The van der Waals surface area contributed by atoms with Crippen molar-refractivity contribution in [3.8, 4) is 0 Å². The molecule has 0 saturated carbocycles. The van der Waals surface area contributed by atoms with Crippen LogP contribution in [0.25, 0.3) is 16.6 Å². The van der Waals surface area contributed by atoms with E-state index in [0.29, 0.717) is 17.8 Å². The van der Waals surface area contributed by atoms with E-state index in [2.05, 4.69) is 71.1 Å². The summed E-state index contributed by atoms with van der Waals surface area (Å²) in [4.78, 5) is 2.74. The van der Waals surface area contributed by atoms with Gasteiger partial charge in [-0.2, -0.15) is 0 Å². The minimum atomic E-state index is 0.169. The van der Waals surface area contributed by atoms with Crippen LogP contribution in [0.2, 0.25) is 0 Å². The number of rotatable bonds is 4. The summed E-state index contributed by atoms with van der Waals surface area (Å²) in [6, 6.07) is 17.6. The number of hydrogen-bond donors (Lipinski definition) is 1. The van der Waals surface area contributed by atoms with Gasteiger partial charge in [-0.05, 0) is 80.7 Å². The Balaban J connectivity index is 1.38. The number of hydrogen-bond acceptors (Lipinski definition) is 3. The first-order valence-electron chi connectivity index (χ1n) is 12.2. The van der Waals surface area contributed by atoms with Crippen LogP contribution in [0.15, 0.2) is 54.6 Å². The fourth-order valence-corrected chi connectivity index (χ4v) is 6.69. The highest BCUT2D eigenvalue weighted by Gasteiger charge is 2.50. The minimum absolute atomic E-state index is 0.169. The second-order valence-electron chi connectivity index (χ2n) is 9.80. The third-order valence-electron chi connectivity index (χ3n) is 7.94. The first-order chi connectivity index (χ1) is 16.1. The van der Waals surface area contributed by atoms with Crippen LogP contribution in [0.3, 0.4) is 0 Å². The van der Waals surface area contributed by atoms with Crippen molar-refractivity contribution in [1.29, 1.82) is 0 Å². The number of nitrogens with zero attached hydrogens (tertiary/aromatic N) is 2. The Kier molecular flexibility index (Phi) is 5.07. The lowest BCUT2D eigenvalue weighted by atomic mass is 9.66. The topological polar surface area (TPSA) is 29.4 Å². The molecule has 1 N–H and O–H groups in total. The van der Waals surface area contributed by atoms with Crippen LogP contribution in [0.4, 0.5) is 5.69 Å². The number of anilines is 1. The first kappa shape index (κ1) is 20.9. The molecule has 3 aliphatic rings. The Hall–Kier alpha value is -2.63. The summed E-state index contributed by atoms with van der Waals surface area (Å²) in [6.45, 7) is 7.28. The Morgan fingerprint density at radius 3 is 2.91 bits per heavy atom. The molecule has 5 heteroatoms. The maximum Gasteiger partial charge on any atom is 0.261 e. The van der Waals surface area contributed by atoms with Gasteiger partial charge in [-0.25, -0.2) is 0 Å². The predicted molar refractivity (Wildman–Crippen MR) is 140 cm³/mol. The van der Waals surface area contributed by atoms with Crippen LogP contribution in [0.1, 0.15) is 49.0 Å². The van der Waals surface area contributed by atoms with Gasteiger partial charge in [-0.1, -0.05) is 43.3 Å².